The number of hydrogen-bond donors (Lipinski definition) is 0. The van der Waals surface area contributed by atoms with Crippen LogP contribution in [0.5, 0.6) is 0 Å². The van der Waals surface area contributed by atoms with Crippen LogP contribution in [0.1, 0.15) is 17.0 Å². The molecular weight excluding hydrogens is 398 g/mol. The van der Waals surface area contributed by atoms with Crippen LogP contribution in [0, 0.1) is 0 Å². The van der Waals surface area contributed by atoms with Gasteiger partial charge in [0.1, 0.15) is 6.54 Å². The summed E-state index contributed by atoms with van der Waals surface area (Å²) in [6.45, 7) is 2.13. The van der Waals surface area contributed by atoms with Crippen LogP contribution in [0.25, 0.3) is 0 Å². The highest BCUT2D eigenvalue weighted by Crippen LogP contribution is 2.27. The summed E-state index contributed by atoms with van der Waals surface area (Å²) in [5, 5.41) is 0. The summed E-state index contributed by atoms with van der Waals surface area (Å²) in [7, 11) is 0. The van der Waals surface area contributed by atoms with Crippen molar-refractivity contribution in [3.05, 3.63) is 71.8 Å². The zero-order chi connectivity index (χ0) is 20.9. The Morgan fingerprint density at radius 1 is 0.833 bits per heavy atom. The fourth-order valence-electron chi connectivity index (χ4n) is 3.93. The van der Waals surface area contributed by atoms with E-state index in [1.165, 1.54) is 11.8 Å². The van der Waals surface area contributed by atoms with Crippen LogP contribution in [-0.4, -0.2) is 76.8 Å². The molecule has 2 aliphatic rings. The highest BCUT2D eigenvalue weighted by Gasteiger charge is 2.32. The summed E-state index contributed by atoms with van der Waals surface area (Å²) in [5.41, 5.74) is 1.94. The lowest BCUT2D eigenvalue weighted by Gasteiger charge is -2.37. The van der Waals surface area contributed by atoms with Gasteiger partial charge in [-0.1, -0.05) is 60.7 Å². The third-order valence-electron chi connectivity index (χ3n) is 5.61. The van der Waals surface area contributed by atoms with Gasteiger partial charge >= 0.3 is 0 Å². The molecule has 0 unspecified atom stereocenters. The number of piperazine rings is 1. The number of carbonyl (C=O) groups excluding carboxylic acids is 3. The highest BCUT2D eigenvalue weighted by atomic mass is 32.2. The molecule has 0 spiro atoms. The Labute approximate surface area is 180 Å². The van der Waals surface area contributed by atoms with Gasteiger partial charge in [-0.2, -0.15) is 0 Å². The van der Waals surface area contributed by atoms with Crippen molar-refractivity contribution in [2.75, 3.05) is 44.4 Å². The summed E-state index contributed by atoms with van der Waals surface area (Å²) in [5.74, 6) is 0.727. The van der Waals surface area contributed by atoms with E-state index in [1.54, 1.807) is 9.80 Å². The van der Waals surface area contributed by atoms with E-state index in [2.05, 4.69) is 0 Å². The van der Waals surface area contributed by atoms with Gasteiger partial charge in [0.2, 0.25) is 17.7 Å². The molecule has 2 aromatic rings. The topological polar surface area (TPSA) is 60.9 Å². The lowest BCUT2D eigenvalue weighted by molar-refractivity contribution is -0.142. The monoisotopic (exact) mass is 423 g/mol. The molecule has 30 heavy (non-hydrogen) atoms. The smallest absolute Gasteiger partial charge is 0.242 e. The lowest BCUT2D eigenvalue weighted by Crippen LogP contribution is -2.53. The predicted octanol–water partition coefficient (Wildman–Crippen LogP) is 2.02. The second-order valence-electron chi connectivity index (χ2n) is 7.53. The fraction of sp³-hybridized carbons (Fsp3) is 0.348. The first-order valence-corrected chi connectivity index (χ1v) is 11.3. The summed E-state index contributed by atoms with van der Waals surface area (Å²) in [6, 6.07) is 19.6. The van der Waals surface area contributed by atoms with E-state index in [4.69, 9.17) is 0 Å². The SMILES string of the molecule is O=C(CN1CSCC1=O)N1CCN(C(=O)C(c2ccccc2)c2ccccc2)CC1. The average molecular weight is 424 g/mol. The van der Waals surface area contributed by atoms with Crippen LogP contribution in [0.15, 0.2) is 60.7 Å². The number of rotatable bonds is 5. The first kappa shape index (κ1) is 20.5. The van der Waals surface area contributed by atoms with Crippen molar-refractivity contribution in [2.45, 2.75) is 5.92 Å². The Hall–Kier alpha value is -2.80. The third-order valence-corrected chi connectivity index (χ3v) is 6.55. The predicted molar refractivity (Wildman–Crippen MR) is 117 cm³/mol. The number of amides is 3. The number of carbonyl (C=O) groups is 3. The molecule has 2 fully saturated rings. The molecule has 3 amide bonds. The molecule has 2 aliphatic heterocycles. The largest absolute Gasteiger partial charge is 0.338 e. The average Bonchev–Trinajstić information content (AvgIpc) is 3.19. The molecule has 0 N–H and O–H groups in total. The lowest BCUT2D eigenvalue weighted by atomic mass is 9.90. The summed E-state index contributed by atoms with van der Waals surface area (Å²) in [4.78, 5) is 43.0. The molecule has 2 saturated heterocycles. The maximum atomic E-state index is 13.5. The molecule has 7 heteroatoms. The summed E-state index contributed by atoms with van der Waals surface area (Å²) < 4.78 is 0. The zero-order valence-corrected chi connectivity index (χ0v) is 17.6. The van der Waals surface area contributed by atoms with Crippen LogP contribution >= 0.6 is 11.8 Å². The van der Waals surface area contributed by atoms with Crippen molar-refractivity contribution in [2.24, 2.45) is 0 Å². The first-order chi connectivity index (χ1) is 14.6. The molecule has 0 aliphatic carbocycles. The van der Waals surface area contributed by atoms with Crippen molar-refractivity contribution >= 4 is 29.5 Å². The van der Waals surface area contributed by atoms with Gasteiger partial charge in [0.15, 0.2) is 0 Å². The number of hydrogen-bond acceptors (Lipinski definition) is 4. The van der Waals surface area contributed by atoms with E-state index >= 15 is 0 Å². The summed E-state index contributed by atoms with van der Waals surface area (Å²) in [6.07, 6.45) is 0. The Kier molecular flexibility index (Phi) is 6.38. The van der Waals surface area contributed by atoms with E-state index in [9.17, 15) is 14.4 Å². The molecule has 0 saturated carbocycles. The quantitative estimate of drug-likeness (QED) is 0.738. The minimum Gasteiger partial charge on any atom is -0.338 e. The number of benzene rings is 2. The van der Waals surface area contributed by atoms with Gasteiger partial charge in [-0.15, -0.1) is 11.8 Å². The molecule has 0 atom stereocenters. The van der Waals surface area contributed by atoms with Crippen LogP contribution in [-0.2, 0) is 14.4 Å². The molecule has 0 aromatic heterocycles. The maximum Gasteiger partial charge on any atom is 0.242 e. The molecule has 0 bridgehead atoms. The normalized spacial score (nSPS) is 17.0. The maximum absolute atomic E-state index is 13.5. The van der Waals surface area contributed by atoms with Crippen molar-refractivity contribution in [1.29, 1.82) is 0 Å². The number of thioether (sulfide) groups is 1. The minimum absolute atomic E-state index is 0.0238. The molecule has 156 valence electrons. The van der Waals surface area contributed by atoms with Gasteiger partial charge in [0, 0.05) is 26.2 Å². The minimum atomic E-state index is -0.353. The van der Waals surface area contributed by atoms with Gasteiger partial charge in [0.25, 0.3) is 0 Å². The second-order valence-corrected chi connectivity index (χ2v) is 8.48. The molecule has 2 heterocycles. The Balaban J connectivity index is 1.42. The van der Waals surface area contributed by atoms with Gasteiger partial charge in [0.05, 0.1) is 17.5 Å². The Morgan fingerprint density at radius 3 is 1.87 bits per heavy atom. The Morgan fingerprint density at radius 2 is 1.37 bits per heavy atom. The van der Waals surface area contributed by atoms with Crippen molar-refractivity contribution < 1.29 is 14.4 Å². The van der Waals surface area contributed by atoms with Gasteiger partial charge < -0.3 is 14.7 Å². The van der Waals surface area contributed by atoms with E-state index in [1.807, 2.05) is 65.6 Å². The van der Waals surface area contributed by atoms with Crippen LogP contribution < -0.4 is 0 Å². The zero-order valence-electron chi connectivity index (χ0n) is 16.8. The van der Waals surface area contributed by atoms with Crippen molar-refractivity contribution in [3.63, 3.8) is 0 Å². The van der Waals surface area contributed by atoms with Gasteiger partial charge in [-0.3, -0.25) is 14.4 Å². The second kappa shape index (κ2) is 9.34. The van der Waals surface area contributed by atoms with E-state index < -0.39 is 0 Å². The molecule has 6 nitrogen and oxygen atoms in total. The van der Waals surface area contributed by atoms with Gasteiger partial charge in [-0.05, 0) is 11.1 Å². The molecule has 2 aromatic carbocycles. The standard InChI is InChI=1S/C23H25N3O3S/c27-20(15-26-17-30-16-21(26)28)24-11-13-25(14-12-24)23(29)22(18-7-3-1-4-8-18)19-9-5-2-6-10-19/h1-10,22H,11-17H2. The molecular formula is C23H25N3O3S. The van der Waals surface area contributed by atoms with Crippen LogP contribution in [0.2, 0.25) is 0 Å². The van der Waals surface area contributed by atoms with Crippen molar-refractivity contribution in [3.8, 4) is 0 Å². The number of nitrogens with zero attached hydrogens (tertiary/aromatic N) is 3. The van der Waals surface area contributed by atoms with E-state index in [-0.39, 0.29) is 30.2 Å². The van der Waals surface area contributed by atoms with E-state index in [0.29, 0.717) is 37.8 Å². The fourth-order valence-corrected chi connectivity index (χ4v) is 4.84. The van der Waals surface area contributed by atoms with Gasteiger partial charge in [-0.25, -0.2) is 0 Å². The molecule has 0 radical (unpaired) electrons. The van der Waals surface area contributed by atoms with Crippen LogP contribution in [0.4, 0.5) is 0 Å². The first-order valence-electron chi connectivity index (χ1n) is 10.2. The van der Waals surface area contributed by atoms with E-state index in [0.717, 1.165) is 11.1 Å². The Bertz CT molecular complexity index is 859. The van der Waals surface area contributed by atoms with Crippen LogP contribution in [0.3, 0.4) is 0 Å². The van der Waals surface area contributed by atoms with Crippen molar-refractivity contribution in [1.82, 2.24) is 14.7 Å². The highest BCUT2D eigenvalue weighted by molar-refractivity contribution is 8.00. The third kappa shape index (κ3) is 4.51. The molecule has 4 rings (SSSR count). The summed E-state index contributed by atoms with van der Waals surface area (Å²) >= 11 is 1.53.